The van der Waals surface area contributed by atoms with Crippen molar-refractivity contribution in [3.05, 3.63) is 48.5 Å². The van der Waals surface area contributed by atoms with Gasteiger partial charge in [-0.2, -0.15) is 0 Å². The van der Waals surface area contributed by atoms with E-state index in [0.717, 1.165) is 81.6 Å². The van der Waals surface area contributed by atoms with Crippen LogP contribution >= 0.6 is 0 Å². The number of amides is 3. The van der Waals surface area contributed by atoms with E-state index in [0.29, 0.717) is 30.4 Å². The molecule has 2 aromatic carbocycles. The fourth-order valence-electron chi connectivity index (χ4n) is 9.10. The van der Waals surface area contributed by atoms with Gasteiger partial charge in [0, 0.05) is 49.0 Å². The minimum Gasteiger partial charge on any atom is -0.375 e. The Morgan fingerprint density at radius 3 is 2.17 bits per heavy atom. The van der Waals surface area contributed by atoms with Gasteiger partial charge in [0.25, 0.3) is 0 Å². The molecule has 0 radical (unpaired) electrons. The molecule has 3 amide bonds. The molecule has 0 aromatic heterocycles. The van der Waals surface area contributed by atoms with Crippen LogP contribution in [0.2, 0.25) is 0 Å². The highest BCUT2D eigenvalue weighted by atomic mass is 16.5. The molecule has 4 bridgehead atoms. The number of nitrogens with one attached hydrogen (secondary N) is 1. The summed E-state index contributed by atoms with van der Waals surface area (Å²) in [5.74, 6) is 1.13. The maximum atomic E-state index is 13.8. The Labute approximate surface area is 249 Å². The molecule has 5 fully saturated rings. The molecule has 4 aliphatic carbocycles. The van der Waals surface area contributed by atoms with E-state index in [-0.39, 0.29) is 29.5 Å². The van der Waals surface area contributed by atoms with Crippen LogP contribution in [0.3, 0.4) is 0 Å². The zero-order chi connectivity index (χ0) is 29.0. The number of nitrogens with two attached hydrogens (primary N) is 1. The molecule has 3 unspecified atom stereocenters. The van der Waals surface area contributed by atoms with Crippen LogP contribution in [0, 0.1) is 23.2 Å². The van der Waals surface area contributed by atoms with Crippen molar-refractivity contribution < 1.29 is 14.3 Å². The summed E-state index contributed by atoms with van der Waals surface area (Å²) in [5, 5.41) is 3.44. The Morgan fingerprint density at radius 2 is 1.52 bits per heavy atom. The predicted molar refractivity (Wildman–Crippen MR) is 166 cm³/mol. The number of hydrogen-bond donors (Lipinski definition) is 2. The van der Waals surface area contributed by atoms with Gasteiger partial charge in [-0.25, -0.2) is 4.79 Å². The normalized spacial score (nSPS) is 30.5. The summed E-state index contributed by atoms with van der Waals surface area (Å²) in [4.78, 5) is 32.9. The number of primary amides is 1. The lowest BCUT2D eigenvalue weighted by Crippen LogP contribution is -2.63. The highest BCUT2D eigenvalue weighted by Crippen LogP contribution is 2.60. The third-order valence-corrected chi connectivity index (χ3v) is 10.8. The van der Waals surface area contributed by atoms with Crippen LogP contribution in [0.25, 0.3) is 0 Å². The fourth-order valence-corrected chi connectivity index (χ4v) is 9.10. The van der Waals surface area contributed by atoms with Crippen LogP contribution in [-0.4, -0.2) is 56.4 Å². The number of piperidine rings is 1. The number of benzene rings is 2. The van der Waals surface area contributed by atoms with Crippen LogP contribution in [-0.2, 0) is 9.53 Å². The monoisotopic (exact) mass is 571 g/mol. The number of anilines is 4. The second-order valence-electron chi connectivity index (χ2n) is 13.8. The molecular weight excluding hydrogens is 526 g/mol. The molecule has 8 heteroatoms. The molecule has 8 nitrogen and oxygen atoms in total. The van der Waals surface area contributed by atoms with E-state index in [1.165, 1.54) is 5.69 Å². The maximum Gasteiger partial charge on any atom is 0.322 e. The Kier molecular flexibility index (Phi) is 7.08. The highest BCUT2D eigenvalue weighted by molar-refractivity contribution is 5.98. The van der Waals surface area contributed by atoms with Crippen molar-refractivity contribution in [2.75, 3.05) is 40.9 Å². The topological polar surface area (TPSA) is 91.1 Å². The van der Waals surface area contributed by atoms with E-state index in [9.17, 15) is 9.59 Å². The number of para-hydroxylation sites is 2. The fraction of sp³-hybridized carbons (Fsp3) is 0.588. The third kappa shape index (κ3) is 4.91. The number of nitrogens with zero attached hydrogens (tertiary/aromatic N) is 3. The predicted octanol–water partition coefficient (Wildman–Crippen LogP) is 5.43. The van der Waals surface area contributed by atoms with E-state index in [1.807, 2.05) is 17.0 Å². The molecule has 6 aliphatic rings. The average Bonchev–Trinajstić information content (AvgIpc) is 2.98. The standard InChI is InChI=1S/C34H45N5O3/c1-22(2)42-28-11-13-37(14-12-28)26-7-9-27(10-8-26)38-15-16-39(30-6-4-3-5-29(30)38)33(41)36-31-24-17-23-18-25(31)21-34(19-23,20-24)32(35)40/h3-10,22-25,28,31H,11-21H2,1-2H3,(H2,35,40)(H,36,41)/t23?,24-,25+,31?,34?. The largest absolute Gasteiger partial charge is 0.375 e. The van der Waals surface area contributed by atoms with E-state index < -0.39 is 0 Å². The van der Waals surface area contributed by atoms with Crippen molar-refractivity contribution in [2.45, 2.75) is 77.0 Å². The van der Waals surface area contributed by atoms with Crippen LogP contribution in [0.4, 0.5) is 27.5 Å². The van der Waals surface area contributed by atoms with Gasteiger partial charge in [-0.15, -0.1) is 0 Å². The van der Waals surface area contributed by atoms with Crippen molar-refractivity contribution in [3.63, 3.8) is 0 Å². The third-order valence-electron chi connectivity index (χ3n) is 10.8. The highest BCUT2D eigenvalue weighted by Gasteiger charge is 2.58. The zero-order valence-electron chi connectivity index (χ0n) is 25.0. The van der Waals surface area contributed by atoms with Gasteiger partial charge in [-0.1, -0.05) is 12.1 Å². The van der Waals surface area contributed by atoms with Gasteiger partial charge >= 0.3 is 6.03 Å². The lowest BCUT2D eigenvalue weighted by atomic mass is 9.47. The number of fused-ring (bicyclic) bond motifs is 1. The molecule has 2 heterocycles. The van der Waals surface area contributed by atoms with Crippen molar-refractivity contribution in [2.24, 2.45) is 28.9 Å². The molecule has 5 atom stereocenters. The van der Waals surface area contributed by atoms with Gasteiger partial charge < -0.3 is 25.6 Å². The molecule has 2 aromatic rings. The second-order valence-corrected chi connectivity index (χ2v) is 13.8. The van der Waals surface area contributed by atoms with Gasteiger partial charge in [0.15, 0.2) is 0 Å². The molecule has 2 aliphatic heterocycles. The van der Waals surface area contributed by atoms with Gasteiger partial charge in [0.1, 0.15) is 0 Å². The molecule has 1 saturated heterocycles. The summed E-state index contributed by atoms with van der Waals surface area (Å²) in [6, 6.07) is 17.2. The van der Waals surface area contributed by atoms with E-state index in [2.05, 4.69) is 65.4 Å². The number of rotatable bonds is 6. The molecule has 42 heavy (non-hydrogen) atoms. The van der Waals surface area contributed by atoms with E-state index in [4.69, 9.17) is 10.5 Å². The van der Waals surface area contributed by atoms with Crippen LogP contribution < -0.4 is 25.8 Å². The summed E-state index contributed by atoms with van der Waals surface area (Å²) >= 11 is 0. The zero-order valence-corrected chi connectivity index (χ0v) is 25.0. The first kappa shape index (κ1) is 27.6. The van der Waals surface area contributed by atoms with Crippen LogP contribution in [0.15, 0.2) is 48.5 Å². The minimum absolute atomic E-state index is 0.0205. The van der Waals surface area contributed by atoms with Gasteiger partial charge in [0.05, 0.1) is 23.6 Å². The van der Waals surface area contributed by atoms with Crippen molar-refractivity contribution in [3.8, 4) is 0 Å². The lowest BCUT2D eigenvalue weighted by molar-refractivity contribution is -0.145. The van der Waals surface area contributed by atoms with E-state index in [1.54, 1.807) is 0 Å². The first-order valence-corrected chi connectivity index (χ1v) is 16.0. The van der Waals surface area contributed by atoms with Gasteiger partial charge in [-0.3, -0.25) is 9.69 Å². The van der Waals surface area contributed by atoms with Crippen LogP contribution in [0.5, 0.6) is 0 Å². The Bertz CT molecular complexity index is 1300. The number of carbonyl (C=O) groups is 2. The van der Waals surface area contributed by atoms with Gasteiger partial charge in [0.2, 0.25) is 5.91 Å². The molecule has 224 valence electrons. The second kappa shape index (κ2) is 10.8. The summed E-state index contributed by atoms with van der Waals surface area (Å²) in [6.07, 6.45) is 7.55. The quantitative estimate of drug-likeness (QED) is 0.483. The first-order chi connectivity index (χ1) is 20.3. The Morgan fingerprint density at radius 1 is 0.881 bits per heavy atom. The average molecular weight is 572 g/mol. The summed E-state index contributed by atoms with van der Waals surface area (Å²) in [6.45, 7) is 7.59. The minimum atomic E-state index is -0.343. The summed E-state index contributed by atoms with van der Waals surface area (Å²) in [5.41, 5.74) is 9.93. The van der Waals surface area contributed by atoms with Crippen molar-refractivity contribution in [1.29, 1.82) is 0 Å². The Hall–Kier alpha value is -3.26. The molecular formula is C34H45N5O3. The SMILES string of the molecule is CC(C)OC1CCN(c2ccc(N3CCN(C(=O)NC4[C@@H]5CC6C[C@H]4CC(C(N)=O)(C6)C5)c4ccccc43)cc2)CC1. The molecule has 4 saturated carbocycles. The van der Waals surface area contributed by atoms with Gasteiger partial charge in [-0.05, 0) is 113 Å². The Balaban J connectivity index is 1.03. The maximum absolute atomic E-state index is 13.8. The molecule has 8 rings (SSSR count). The van der Waals surface area contributed by atoms with Crippen molar-refractivity contribution >= 4 is 34.7 Å². The molecule has 0 spiro atoms. The molecule has 3 N–H and O–H groups in total. The smallest absolute Gasteiger partial charge is 0.322 e. The summed E-state index contributed by atoms with van der Waals surface area (Å²) in [7, 11) is 0. The van der Waals surface area contributed by atoms with Crippen molar-refractivity contribution in [1.82, 2.24) is 5.32 Å². The first-order valence-electron chi connectivity index (χ1n) is 16.0. The van der Waals surface area contributed by atoms with E-state index >= 15 is 0 Å². The van der Waals surface area contributed by atoms with Crippen LogP contribution in [0.1, 0.15) is 58.8 Å². The number of ether oxygens (including phenoxy) is 1. The number of hydrogen-bond acceptors (Lipinski definition) is 5. The lowest BCUT2D eigenvalue weighted by Gasteiger charge is -2.59. The summed E-state index contributed by atoms with van der Waals surface area (Å²) < 4.78 is 6.03. The number of carbonyl (C=O) groups excluding carboxylic acids is 2. The number of urea groups is 1.